The van der Waals surface area contributed by atoms with Gasteiger partial charge >= 0.3 is 0 Å². The summed E-state index contributed by atoms with van der Waals surface area (Å²) < 4.78 is 1.11. The molecule has 12 aromatic carbocycles. The van der Waals surface area contributed by atoms with Crippen LogP contribution in [0.15, 0.2) is 259 Å². The maximum atomic E-state index is 3.64. The first-order valence-electron chi connectivity index (χ1n) is 44.1. The Morgan fingerprint density at radius 3 is 1.01 bits per heavy atom. The molecule has 0 unspecified atom stereocenters. The Morgan fingerprint density at radius 2 is 0.590 bits per heavy atom. The zero-order valence-corrected chi connectivity index (χ0v) is 76.6. The summed E-state index contributed by atoms with van der Waals surface area (Å²) in [5.41, 5.74) is 39.5. The third-order valence-corrected chi connectivity index (χ3v) is 26.8. The van der Waals surface area contributed by atoms with E-state index >= 15 is 0 Å². The highest BCUT2D eigenvalue weighted by atomic mass is 79.9. The molecule has 2 heteroatoms. The van der Waals surface area contributed by atoms with Crippen molar-refractivity contribution in [3.63, 3.8) is 0 Å². The van der Waals surface area contributed by atoms with Gasteiger partial charge in [-0.15, -0.1) is 0 Å². The van der Waals surface area contributed by atoms with E-state index in [4.69, 9.17) is 0 Å². The number of fused-ring (bicyclic) bond motifs is 6. The maximum Gasteiger partial charge on any atom is 0.0467 e. The first kappa shape index (κ1) is 84.4. The minimum Gasteiger partial charge on any atom is -0.310 e. The predicted molar refractivity (Wildman–Crippen MR) is 512 cm³/mol. The highest BCUT2D eigenvalue weighted by molar-refractivity contribution is 9.10. The third-order valence-electron chi connectivity index (χ3n) is 26.4. The van der Waals surface area contributed by atoms with Crippen molar-refractivity contribution in [3.05, 3.63) is 337 Å². The molecule has 0 aliphatic heterocycles. The van der Waals surface area contributed by atoms with Crippen LogP contribution in [0.25, 0.3) is 66.8 Å². The lowest BCUT2D eigenvalue weighted by Crippen LogP contribution is -2.16. The largest absolute Gasteiger partial charge is 0.310 e. The normalized spacial score (nSPS) is 15.4. The molecule has 0 heterocycles. The number of halogens is 1. The molecule has 0 spiro atoms. The summed E-state index contributed by atoms with van der Waals surface area (Å²) >= 11 is 3.64. The zero-order chi connectivity index (χ0) is 83.5. The Bertz CT molecular complexity index is 5490. The van der Waals surface area contributed by atoms with Crippen molar-refractivity contribution < 1.29 is 0 Å². The van der Waals surface area contributed by atoms with Crippen molar-refractivity contribution in [2.45, 2.75) is 278 Å². The number of rotatable bonds is 11. The van der Waals surface area contributed by atoms with Gasteiger partial charge in [-0.05, 0) is 282 Å². The zero-order valence-electron chi connectivity index (χ0n) is 75.0. The van der Waals surface area contributed by atoms with E-state index in [0.29, 0.717) is 5.92 Å². The van der Waals surface area contributed by atoms with Crippen LogP contribution in [0, 0.1) is 0 Å². The number of benzene rings is 12. The van der Waals surface area contributed by atoms with E-state index in [0.717, 1.165) is 16.8 Å². The van der Waals surface area contributed by atoms with Crippen LogP contribution in [0.1, 0.15) is 306 Å². The Kier molecular flexibility index (Phi) is 23.7. The lowest BCUT2D eigenvalue weighted by molar-refractivity contribution is 0.443. The van der Waals surface area contributed by atoms with Gasteiger partial charge in [-0.1, -0.05) is 401 Å². The summed E-state index contributed by atoms with van der Waals surface area (Å²) in [6.45, 7) is 51.2. The molecule has 604 valence electrons. The average molecular weight is 1610 g/mol. The molecule has 4 aliphatic rings. The predicted octanol–water partition coefficient (Wildman–Crippen LogP) is 34.0. The maximum absolute atomic E-state index is 3.64. The highest BCUT2D eigenvalue weighted by Crippen LogP contribution is 2.53. The quantitative estimate of drug-likeness (QED) is 0.125. The Morgan fingerprint density at radius 1 is 0.265 bits per heavy atom. The molecule has 0 atom stereocenters. The summed E-state index contributed by atoms with van der Waals surface area (Å²) in [5.74, 6) is 1.47. The van der Waals surface area contributed by atoms with Crippen molar-refractivity contribution in [2.24, 2.45) is 0 Å². The summed E-state index contributed by atoms with van der Waals surface area (Å²) in [6.07, 6.45) is 14.7. The third kappa shape index (κ3) is 18.7. The van der Waals surface area contributed by atoms with Crippen LogP contribution in [0.3, 0.4) is 0 Å². The molecule has 1 nitrogen and oxygen atoms in total. The van der Waals surface area contributed by atoms with Crippen LogP contribution in [-0.2, 0) is 49.7 Å². The molecule has 0 aromatic heterocycles. The van der Waals surface area contributed by atoms with Gasteiger partial charge in [-0.3, -0.25) is 0 Å². The van der Waals surface area contributed by atoms with Crippen molar-refractivity contribution in [1.29, 1.82) is 0 Å². The van der Waals surface area contributed by atoms with Gasteiger partial charge in [0.25, 0.3) is 0 Å². The van der Waals surface area contributed by atoms with E-state index in [1.165, 1.54) is 220 Å². The monoisotopic (exact) mass is 1610 g/mol. The van der Waals surface area contributed by atoms with Crippen LogP contribution < -0.4 is 4.90 Å². The molecule has 0 amide bonds. The summed E-state index contributed by atoms with van der Waals surface area (Å²) in [5, 5.41) is 0. The number of hydrogen-bond donors (Lipinski definition) is 0. The second-order valence-corrected chi connectivity index (χ2v) is 43.1. The average Bonchev–Trinajstić information content (AvgIpc) is 1.59. The Labute approximate surface area is 714 Å². The van der Waals surface area contributed by atoms with Crippen molar-refractivity contribution in [3.8, 4) is 66.8 Å². The van der Waals surface area contributed by atoms with E-state index in [1.54, 1.807) is 5.56 Å². The fourth-order valence-corrected chi connectivity index (χ4v) is 19.1. The molecule has 117 heavy (non-hydrogen) atoms. The van der Waals surface area contributed by atoms with E-state index in [2.05, 4.69) is 428 Å². The minimum atomic E-state index is -0.0821. The fraction of sp³-hybridized carbons (Fsp3) is 0.374. The molecule has 0 saturated heterocycles. The smallest absolute Gasteiger partial charge is 0.0467 e. The van der Waals surface area contributed by atoms with E-state index in [1.807, 2.05) is 0 Å². The molecule has 2 fully saturated rings. The van der Waals surface area contributed by atoms with Gasteiger partial charge in [0.2, 0.25) is 0 Å². The molecule has 0 bridgehead atoms. The Hall–Kier alpha value is -9.08. The van der Waals surface area contributed by atoms with Gasteiger partial charge < -0.3 is 4.90 Å². The summed E-state index contributed by atoms with van der Waals surface area (Å²) in [4.78, 5) is 2.49. The topological polar surface area (TPSA) is 3.24 Å². The van der Waals surface area contributed by atoms with Gasteiger partial charge in [0.15, 0.2) is 0 Å². The van der Waals surface area contributed by atoms with Gasteiger partial charge in [0, 0.05) is 32.4 Å². The Balaban J connectivity index is 0.000000160. The fourth-order valence-electron chi connectivity index (χ4n) is 18.7. The molecule has 12 aromatic rings. The molecule has 2 saturated carbocycles. The highest BCUT2D eigenvalue weighted by Gasteiger charge is 2.38. The summed E-state index contributed by atoms with van der Waals surface area (Å²) in [7, 11) is 0. The molecular weight excluding hydrogens is 1480 g/mol. The lowest BCUT2D eigenvalue weighted by Gasteiger charge is -2.29. The van der Waals surface area contributed by atoms with Crippen molar-refractivity contribution >= 4 is 33.0 Å². The van der Waals surface area contributed by atoms with Gasteiger partial charge in [0.05, 0.1) is 0 Å². The molecule has 0 radical (unpaired) electrons. The molecule has 0 N–H and O–H groups in total. The van der Waals surface area contributed by atoms with Crippen LogP contribution in [0.4, 0.5) is 17.1 Å². The second-order valence-electron chi connectivity index (χ2n) is 42.2. The van der Waals surface area contributed by atoms with Crippen LogP contribution in [-0.4, -0.2) is 0 Å². The minimum absolute atomic E-state index is 0.0161. The standard InChI is InChI=1S/C57H65N.C30H37Br.C28H30/c1-54(2,3)44-31-41(30-42(32-44)43-33-45(55(4,5)6)36-46(34-43)56(7,8)9)40-20-17-21-48(35-40)58(47-26-24-39(25-27-47)38-18-13-12-14-19-38)49-28-29-51-50-22-15-16-23-52(50)57(10,11)53(51)37-49;1-28(2,3)24-14-21(20-11-10-12-27(31)18-20)13-22(15-24)23-16-25(29(4,5)6)19-26(17-23)30(7,8)9;1-28(2)26-11-7-6-10-24(26)25-17-14-21(19-27(25)28)18-20-12-15-23(16-13-20)22-8-4-3-5-9-22/h15-17,20-38H,12-14,18-19H2,1-11H3;10-19H,1-9H3;6-7,10-17,19,22H,3-5,8-9,18H2,1-2H3. The number of hydrogen-bond acceptors (Lipinski definition) is 1. The van der Waals surface area contributed by atoms with Crippen molar-refractivity contribution in [2.75, 3.05) is 4.90 Å². The van der Waals surface area contributed by atoms with Crippen LogP contribution >= 0.6 is 15.9 Å². The number of anilines is 3. The molecule has 16 rings (SSSR count). The van der Waals surface area contributed by atoms with Crippen LogP contribution in [0.5, 0.6) is 0 Å². The lowest BCUT2D eigenvalue weighted by atomic mass is 9.78. The second kappa shape index (κ2) is 32.9. The molecular formula is C115H132BrN. The van der Waals surface area contributed by atoms with E-state index < -0.39 is 0 Å². The van der Waals surface area contributed by atoms with Gasteiger partial charge in [0.1, 0.15) is 0 Å². The van der Waals surface area contributed by atoms with E-state index in [-0.39, 0.29) is 43.3 Å². The number of nitrogens with zero attached hydrogens (tertiary/aromatic N) is 1. The first-order chi connectivity index (χ1) is 55.1. The summed E-state index contributed by atoms with van der Waals surface area (Å²) in [6, 6.07) is 97.9. The molecule has 4 aliphatic carbocycles. The van der Waals surface area contributed by atoms with Crippen LogP contribution in [0.2, 0.25) is 0 Å². The SMILES string of the molecule is CC(C)(C)c1cc(-c2cccc(Br)c2)cc(-c2cc(C(C)(C)C)cc(C(C)(C)C)c2)c1.CC(C)(C)c1cc(-c2cccc(N(c3ccc(C4CCCCC4)cc3)c3ccc4c(c3)C(C)(C)c3ccccc3-4)c2)cc(-c2cc(C(C)(C)C)cc(C(C)(C)C)c2)c1.CC1(C)c2ccccc2-c2ccc(Cc3ccc(C4CCCCC4)cc3)cc21. The first-order valence-corrected chi connectivity index (χ1v) is 44.9. The van der Waals surface area contributed by atoms with Crippen molar-refractivity contribution in [1.82, 2.24) is 0 Å². The van der Waals surface area contributed by atoms with E-state index in [9.17, 15) is 0 Å². The van der Waals surface area contributed by atoms with Gasteiger partial charge in [-0.25, -0.2) is 0 Å². The van der Waals surface area contributed by atoms with Gasteiger partial charge in [-0.2, -0.15) is 0 Å².